The van der Waals surface area contributed by atoms with E-state index in [9.17, 15) is 9.59 Å². The molecular formula is C23H26N6O6. The van der Waals surface area contributed by atoms with Gasteiger partial charge >= 0.3 is 0 Å². The van der Waals surface area contributed by atoms with Crippen molar-refractivity contribution in [1.29, 1.82) is 0 Å². The molecule has 0 bridgehead atoms. The molecule has 0 saturated carbocycles. The van der Waals surface area contributed by atoms with Gasteiger partial charge in [0.25, 0.3) is 5.91 Å². The number of aromatic nitrogens is 3. The summed E-state index contributed by atoms with van der Waals surface area (Å²) < 4.78 is 22.7. The van der Waals surface area contributed by atoms with E-state index in [1.165, 1.54) is 0 Å². The van der Waals surface area contributed by atoms with Gasteiger partial charge < -0.3 is 35.3 Å². The van der Waals surface area contributed by atoms with E-state index in [1.807, 2.05) is 12.1 Å². The molecule has 3 aromatic rings. The van der Waals surface area contributed by atoms with Crippen LogP contribution in [0.3, 0.4) is 0 Å². The van der Waals surface area contributed by atoms with Gasteiger partial charge in [0, 0.05) is 18.3 Å². The van der Waals surface area contributed by atoms with Gasteiger partial charge in [-0.05, 0) is 36.2 Å². The zero-order chi connectivity index (χ0) is 24.8. The SMILES string of the molecule is COc1ccc(CCNC(=O)c2nnn(CC(=O)Nc3ccc4c(c3)OCCO4)c2N)cc1OC. The lowest BCUT2D eigenvalue weighted by atomic mass is 10.1. The molecule has 0 atom stereocenters. The number of carbonyl (C=O) groups is 2. The van der Waals surface area contributed by atoms with Crippen LogP contribution in [0.1, 0.15) is 16.1 Å². The highest BCUT2D eigenvalue weighted by atomic mass is 16.6. The van der Waals surface area contributed by atoms with Gasteiger partial charge in [-0.15, -0.1) is 5.10 Å². The van der Waals surface area contributed by atoms with Crippen LogP contribution >= 0.6 is 0 Å². The number of carbonyl (C=O) groups excluding carboxylic acids is 2. The van der Waals surface area contributed by atoms with Crippen LogP contribution in [-0.4, -0.2) is 60.8 Å². The van der Waals surface area contributed by atoms with Crippen molar-refractivity contribution in [3.8, 4) is 23.0 Å². The molecule has 1 aliphatic rings. The molecule has 2 amide bonds. The third-order valence-electron chi connectivity index (χ3n) is 5.25. The van der Waals surface area contributed by atoms with Crippen LogP contribution in [0.2, 0.25) is 0 Å². The Labute approximate surface area is 201 Å². The predicted octanol–water partition coefficient (Wildman–Crippen LogP) is 1.26. The first-order valence-electron chi connectivity index (χ1n) is 10.9. The summed E-state index contributed by atoms with van der Waals surface area (Å²) in [5.41, 5.74) is 7.46. The number of anilines is 2. The van der Waals surface area contributed by atoms with E-state index in [2.05, 4.69) is 20.9 Å². The maximum atomic E-state index is 12.5. The van der Waals surface area contributed by atoms with Crippen LogP contribution in [0, 0.1) is 0 Å². The molecule has 1 aliphatic heterocycles. The first-order chi connectivity index (χ1) is 17.0. The highest BCUT2D eigenvalue weighted by Crippen LogP contribution is 2.32. The molecule has 0 fully saturated rings. The number of nitrogens with two attached hydrogens (primary N) is 1. The Kier molecular flexibility index (Phi) is 7.19. The topological polar surface area (TPSA) is 152 Å². The summed E-state index contributed by atoms with van der Waals surface area (Å²) in [6, 6.07) is 10.6. The molecular weight excluding hydrogens is 456 g/mol. The Morgan fingerprint density at radius 1 is 1.06 bits per heavy atom. The number of fused-ring (bicyclic) bond motifs is 1. The van der Waals surface area contributed by atoms with Crippen molar-refractivity contribution in [2.24, 2.45) is 0 Å². The Morgan fingerprint density at radius 3 is 2.60 bits per heavy atom. The van der Waals surface area contributed by atoms with Crippen LogP contribution in [0.4, 0.5) is 11.5 Å². The van der Waals surface area contributed by atoms with Crippen LogP contribution < -0.4 is 35.3 Å². The van der Waals surface area contributed by atoms with Gasteiger partial charge in [0.05, 0.1) is 14.2 Å². The molecule has 0 radical (unpaired) electrons. The number of nitrogens with zero attached hydrogens (tertiary/aromatic N) is 3. The highest BCUT2D eigenvalue weighted by Gasteiger charge is 2.19. The number of benzene rings is 2. The smallest absolute Gasteiger partial charge is 0.275 e. The summed E-state index contributed by atoms with van der Waals surface area (Å²) in [7, 11) is 3.13. The molecule has 0 aliphatic carbocycles. The van der Waals surface area contributed by atoms with E-state index in [-0.39, 0.29) is 18.1 Å². The van der Waals surface area contributed by atoms with Crippen molar-refractivity contribution < 1.29 is 28.5 Å². The van der Waals surface area contributed by atoms with Gasteiger partial charge in [-0.25, -0.2) is 4.68 Å². The number of amides is 2. The summed E-state index contributed by atoms with van der Waals surface area (Å²) in [4.78, 5) is 25.0. The summed E-state index contributed by atoms with van der Waals surface area (Å²) in [6.45, 7) is 1.05. The molecule has 1 aromatic heterocycles. The molecule has 0 spiro atoms. The normalized spacial score (nSPS) is 12.1. The van der Waals surface area contributed by atoms with Crippen molar-refractivity contribution in [1.82, 2.24) is 20.3 Å². The molecule has 2 heterocycles. The first-order valence-corrected chi connectivity index (χ1v) is 10.9. The summed E-state index contributed by atoms with van der Waals surface area (Å²) >= 11 is 0. The van der Waals surface area contributed by atoms with E-state index in [0.29, 0.717) is 54.9 Å². The minimum Gasteiger partial charge on any atom is -0.493 e. The third-order valence-corrected chi connectivity index (χ3v) is 5.25. The fraction of sp³-hybridized carbons (Fsp3) is 0.304. The van der Waals surface area contributed by atoms with Crippen molar-refractivity contribution in [3.05, 3.63) is 47.7 Å². The highest BCUT2D eigenvalue weighted by molar-refractivity contribution is 5.97. The molecule has 12 heteroatoms. The fourth-order valence-electron chi connectivity index (χ4n) is 3.50. The van der Waals surface area contributed by atoms with Crippen molar-refractivity contribution in [2.45, 2.75) is 13.0 Å². The maximum absolute atomic E-state index is 12.5. The zero-order valence-electron chi connectivity index (χ0n) is 19.4. The standard InChI is InChI=1S/C23H26N6O6/c1-32-16-5-3-14(11-18(16)33-2)7-8-25-23(31)21-22(24)29(28-27-21)13-20(30)26-15-4-6-17-19(12-15)35-10-9-34-17/h3-6,11-12H,7-10,13,24H2,1-2H3,(H,25,31)(H,26,30). The summed E-state index contributed by atoms with van der Waals surface area (Å²) in [5, 5.41) is 13.2. The number of methoxy groups -OCH3 is 2. The van der Waals surface area contributed by atoms with Gasteiger partial charge in [-0.1, -0.05) is 11.3 Å². The predicted molar refractivity (Wildman–Crippen MR) is 126 cm³/mol. The van der Waals surface area contributed by atoms with Gasteiger partial charge in [-0.3, -0.25) is 9.59 Å². The van der Waals surface area contributed by atoms with Gasteiger partial charge in [0.1, 0.15) is 19.8 Å². The van der Waals surface area contributed by atoms with Gasteiger partial charge in [-0.2, -0.15) is 0 Å². The van der Waals surface area contributed by atoms with Crippen LogP contribution in [0.15, 0.2) is 36.4 Å². The number of ether oxygens (including phenoxy) is 4. The quantitative estimate of drug-likeness (QED) is 0.409. The Balaban J connectivity index is 1.31. The number of nitrogens with one attached hydrogen (secondary N) is 2. The van der Waals surface area contributed by atoms with Crippen LogP contribution in [0.25, 0.3) is 0 Å². The fourth-order valence-corrected chi connectivity index (χ4v) is 3.50. The number of hydrogen-bond donors (Lipinski definition) is 3. The Hall–Kier alpha value is -4.48. The van der Waals surface area contributed by atoms with Crippen LogP contribution in [0.5, 0.6) is 23.0 Å². The van der Waals surface area contributed by atoms with Crippen molar-refractivity contribution in [2.75, 3.05) is 45.0 Å². The molecule has 35 heavy (non-hydrogen) atoms. The second-order valence-electron chi connectivity index (χ2n) is 7.58. The molecule has 4 N–H and O–H groups in total. The number of rotatable bonds is 9. The summed E-state index contributed by atoms with van der Waals surface area (Å²) in [6.07, 6.45) is 0.554. The number of hydrogen-bond acceptors (Lipinski definition) is 9. The van der Waals surface area contributed by atoms with Gasteiger partial charge in [0.15, 0.2) is 34.5 Å². The Bertz CT molecular complexity index is 1230. The van der Waals surface area contributed by atoms with Gasteiger partial charge in [0.2, 0.25) is 5.91 Å². The minimum atomic E-state index is -0.485. The average molecular weight is 482 g/mol. The second kappa shape index (κ2) is 10.6. The molecule has 0 unspecified atom stereocenters. The lowest BCUT2D eigenvalue weighted by Crippen LogP contribution is -2.27. The molecule has 2 aromatic carbocycles. The molecule has 4 rings (SSSR count). The monoisotopic (exact) mass is 482 g/mol. The van der Waals surface area contributed by atoms with E-state index in [0.717, 1.165) is 10.2 Å². The summed E-state index contributed by atoms with van der Waals surface area (Å²) in [5.74, 6) is 1.53. The second-order valence-corrected chi connectivity index (χ2v) is 7.58. The molecule has 0 saturated heterocycles. The van der Waals surface area contributed by atoms with E-state index in [4.69, 9.17) is 24.7 Å². The zero-order valence-corrected chi connectivity index (χ0v) is 19.4. The minimum absolute atomic E-state index is 0.00839. The lowest BCUT2D eigenvalue weighted by Gasteiger charge is -2.19. The lowest BCUT2D eigenvalue weighted by molar-refractivity contribution is -0.116. The van der Waals surface area contributed by atoms with Crippen molar-refractivity contribution >= 4 is 23.3 Å². The first kappa shape index (κ1) is 23.7. The largest absolute Gasteiger partial charge is 0.493 e. The van der Waals surface area contributed by atoms with E-state index >= 15 is 0 Å². The molecule has 12 nitrogen and oxygen atoms in total. The Morgan fingerprint density at radius 2 is 1.83 bits per heavy atom. The third kappa shape index (κ3) is 5.54. The number of nitrogen functional groups attached to an aromatic ring is 1. The van der Waals surface area contributed by atoms with Crippen molar-refractivity contribution in [3.63, 3.8) is 0 Å². The van der Waals surface area contributed by atoms with Crippen LogP contribution in [-0.2, 0) is 17.8 Å². The average Bonchev–Trinajstić information content (AvgIpc) is 3.23. The van der Waals surface area contributed by atoms with E-state index < -0.39 is 11.8 Å². The van der Waals surface area contributed by atoms with E-state index in [1.54, 1.807) is 38.5 Å². The maximum Gasteiger partial charge on any atom is 0.275 e. The molecule has 184 valence electrons.